The van der Waals surface area contributed by atoms with Gasteiger partial charge in [-0.1, -0.05) is 36.4 Å². The lowest BCUT2D eigenvalue weighted by Crippen LogP contribution is -2.33. The maximum absolute atomic E-state index is 12.2. The van der Waals surface area contributed by atoms with Crippen molar-refractivity contribution < 1.29 is 19.1 Å². The van der Waals surface area contributed by atoms with Crippen molar-refractivity contribution in [1.29, 1.82) is 0 Å². The smallest absolute Gasteiger partial charge is 0.320 e. The second kappa shape index (κ2) is 8.95. The van der Waals surface area contributed by atoms with Crippen molar-refractivity contribution in [1.82, 2.24) is 0 Å². The van der Waals surface area contributed by atoms with Crippen LogP contribution >= 0.6 is 0 Å². The Morgan fingerprint density at radius 2 is 1.62 bits per heavy atom. The van der Waals surface area contributed by atoms with Crippen molar-refractivity contribution in [3.8, 4) is 0 Å². The average Bonchev–Trinajstić information content (AvgIpc) is 2.48. The van der Waals surface area contributed by atoms with Crippen LogP contribution in [0, 0.1) is 5.92 Å². The standard InChI is InChI=1S/C17H22O4/c1-4-10-14(13-11-8-7-9-12-13)15(16(18)20-5-2)17(19)21-6-3/h4,7-9,11-12,14-15H,1,5-6,10H2,2-3H3. The van der Waals surface area contributed by atoms with Gasteiger partial charge in [-0.25, -0.2) is 0 Å². The third-order valence-corrected chi connectivity index (χ3v) is 3.13. The molecule has 114 valence electrons. The highest BCUT2D eigenvalue weighted by atomic mass is 16.6. The second-order valence-corrected chi connectivity index (χ2v) is 4.52. The van der Waals surface area contributed by atoms with E-state index in [4.69, 9.17) is 9.47 Å². The van der Waals surface area contributed by atoms with Gasteiger partial charge in [-0.15, -0.1) is 6.58 Å². The SMILES string of the molecule is C=CCC(c1ccccc1)C(C(=O)OCC)C(=O)OCC. The summed E-state index contributed by atoms with van der Waals surface area (Å²) >= 11 is 0. The minimum atomic E-state index is -0.967. The van der Waals surface area contributed by atoms with Gasteiger partial charge in [0.25, 0.3) is 0 Å². The van der Waals surface area contributed by atoms with E-state index in [2.05, 4.69) is 6.58 Å². The van der Waals surface area contributed by atoms with Gasteiger partial charge in [-0.3, -0.25) is 9.59 Å². The summed E-state index contributed by atoms with van der Waals surface area (Å²) in [7, 11) is 0. The van der Waals surface area contributed by atoms with Gasteiger partial charge in [0.2, 0.25) is 0 Å². The van der Waals surface area contributed by atoms with E-state index in [0.717, 1.165) is 5.56 Å². The number of ether oxygens (including phenoxy) is 2. The number of hydrogen-bond acceptors (Lipinski definition) is 4. The van der Waals surface area contributed by atoms with E-state index < -0.39 is 17.9 Å². The molecule has 0 fully saturated rings. The van der Waals surface area contributed by atoms with E-state index in [9.17, 15) is 9.59 Å². The van der Waals surface area contributed by atoms with Gasteiger partial charge in [0.1, 0.15) is 0 Å². The molecule has 0 aliphatic carbocycles. The number of esters is 2. The first kappa shape index (κ1) is 17.0. The Labute approximate surface area is 125 Å². The summed E-state index contributed by atoms with van der Waals surface area (Å²) in [6, 6.07) is 9.41. The molecule has 4 heteroatoms. The Kier molecular flexibility index (Phi) is 7.23. The zero-order valence-corrected chi connectivity index (χ0v) is 12.6. The van der Waals surface area contributed by atoms with Crippen molar-refractivity contribution >= 4 is 11.9 Å². The van der Waals surface area contributed by atoms with E-state index in [-0.39, 0.29) is 19.1 Å². The zero-order chi connectivity index (χ0) is 15.7. The van der Waals surface area contributed by atoms with Crippen LogP contribution in [0.4, 0.5) is 0 Å². The summed E-state index contributed by atoms with van der Waals surface area (Å²) < 4.78 is 10.1. The summed E-state index contributed by atoms with van der Waals surface area (Å²) in [5.41, 5.74) is 0.892. The molecule has 0 aliphatic rings. The normalized spacial score (nSPS) is 11.8. The summed E-state index contributed by atoms with van der Waals surface area (Å²) in [5.74, 6) is -2.40. The molecule has 0 amide bonds. The van der Waals surface area contributed by atoms with Crippen molar-refractivity contribution in [2.45, 2.75) is 26.2 Å². The van der Waals surface area contributed by atoms with Crippen LogP contribution in [0.25, 0.3) is 0 Å². The van der Waals surface area contributed by atoms with E-state index in [1.165, 1.54) is 0 Å². The summed E-state index contributed by atoms with van der Waals surface area (Å²) in [4.78, 5) is 24.4. The van der Waals surface area contributed by atoms with E-state index in [1.807, 2.05) is 30.3 Å². The third-order valence-electron chi connectivity index (χ3n) is 3.13. The number of allylic oxidation sites excluding steroid dienone is 1. The first-order valence-electron chi connectivity index (χ1n) is 7.14. The predicted octanol–water partition coefficient (Wildman–Crippen LogP) is 3.09. The van der Waals surface area contributed by atoms with Crippen molar-refractivity contribution in [3.63, 3.8) is 0 Å². The fourth-order valence-electron chi connectivity index (χ4n) is 2.23. The van der Waals surface area contributed by atoms with E-state index >= 15 is 0 Å². The number of benzene rings is 1. The fraction of sp³-hybridized carbons (Fsp3) is 0.412. The van der Waals surface area contributed by atoms with Gasteiger partial charge in [0, 0.05) is 5.92 Å². The number of rotatable bonds is 8. The van der Waals surface area contributed by atoms with Crippen LogP contribution in [0.15, 0.2) is 43.0 Å². The van der Waals surface area contributed by atoms with Crippen LogP contribution in [0.2, 0.25) is 0 Å². The monoisotopic (exact) mass is 290 g/mol. The van der Waals surface area contributed by atoms with Crippen LogP contribution in [-0.2, 0) is 19.1 Å². The number of carbonyl (C=O) groups is 2. The molecule has 1 atom stereocenters. The Balaban J connectivity index is 3.13. The Hall–Kier alpha value is -2.10. The molecule has 0 saturated heterocycles. The lowest BCUT2D eigenvalue weighted by molar-refractivity contribution is -0.162. The van der Waals surface area contributed by atoms with Crippen molar-refractivity contribution in [2.24, 2.45) is 5.92 Å². The molecule has 0 spiro atoms. The minimum absolute atomic E-state index is 0.227. The second-order valence-electron chi connectivity index (χ2n) is 4.52. The molecule has 0 heterocycles. The number of carbonyl (C=O) groups excluding carboxylic acids is 2. The number of hydrogen-bond donors (Lipinski definition) is 0. The molecular formula is C17H22O4. The predicted molar refractivity (Wildman–Crippen MR) is 80.8 cm³/mol. The molecular weight excluding hydrogens is 268 g/mol. The van der Waals surface area contributed by atoms with E-state index in [0.29, 0.717) is 6.42 Å². The molecule has 0 radical (unpaired) electrons. The molecule has 4 nitrogen and oxygen atoms in total. The maximum atomic E-state index is 12.2. The third kappa shape index (κ3) is 4.74. The summed E-state index contributed by atoms with van der Waals surface area (Å²) in [6.45, 7) is 7.59. The minimum Gasteiger partial charge on any atom is -0.465 e. The summed E-state index contributed by atoms with van der Waals surface area (Å²) in [5, 5.41) is 0. The first-order valence-corrected chi connectivity index (χ1v) is 7.14. The largest absolute Gasteiger partial charge is 0.465 e. The van der Waals surface area contributed by atoms with Crippen molar-refractivity contribution in [2.75, 3.05) is 13.2 Å². The van der Waals surface area contributed by atoms with Gasteiger partial charge in [-0.2, -0.15) is 0 Å². The highest BCUT2D eigenvalue weighted by Crippen LogP contribution is 2.30. The van der Waals surface area contributed by atoms with Crippen LogP contribution < -0.4 is 0 Å². The van der Waals surface area contributed by atoms with Crippen LogP contribution in [0.3, 0.4) is 0 Å². The van der Waals surface area contributed by atoms with Gasteiger partial charge in [0.15, 0.2) is 5.92 Å². The highest BCUT2D eigenvalue weighted by Gasteiger charge is 2.37. The summed E-state index contributed by atoms with van der Waals surface area (Å²) in [6.07, 6.45) is 2.19. The Bertz CT molecular complexity index is 449. The molecule has 1 rings (SSSR count). The molecule has 21 heavy (non-hydrogen) atoms. The zero-order valence-electron chi connectivity index (χ0n) is 12.6. The molecule has 0 aliphatic heterocycles. The van der Waals surface area contributed by atoms with Crippen LogP contribution in [0.5, 0.6) is 0 Å². The molecule has 1 aromatic carbocycles. The van der Waals surface area contributed by atoms with Crippen LogP contribution in [0.1, 0.15) is 31.7 Å². The topological polar surface area (TPSA) is 52.6 Å². The molecule has 1 unspecified atom stereocenters. The van der Waals surface area contributed by atoms with Gasteiger partial charge in [-0.05, 0) is 25.8 Å². The molecule has 0 N–H and O–H groups in total. The fourth-order valence-corrected chi connectivity index (χ4v) is 2.23. The maximum Gasteiger partial charge on any atom is 0.320 e. The average molecular weight is 290 g/mol. The molecule has 0 bridgehead atoms. The molecule has 0 aromatic heterocycles. The molecule has 1 aromatic rings. The van der Waals surface area contributed by atoms with Crippen LogP contribution in [-0.4, -0.2) is 25.2 Å². The van der Waals surface area contributed by atoms with Gasteiger partial charge < -0.3 is 9.47 Å². The van der Waals surface area contributed by atoms with Gasteiger partial charge in [0.05, 0.1) is 13.2 Å². The lowest BCUT2D eigenvalue weighted by Gasteiger charge is -2.23. The van der Waals surface area contributed by atoms with Crippen molar-refractivity contribution in [3.05, 3.63) is 48.6 Å². The lowest BCUT2D eigenvalue weighted by atomic mass is 9.83. The Morgan fingerprint density at radius 1 is 1.10 bits per heavy atom. The first-order chi connectivity index (χ1) is 10.2. The highest BCUT2D eigenvalue weighted by molar-refractivity contribution is 5.96. The Morgan fingerprint density at radius 3 is 2.05 bits per heavy atom. The van der Waals surface area contributed by atoms with Gasteiger partial charge >= 0.3 is 11.9 Å². The molecule has 0 saturated carbocycles. The van der Waals surface area contributed by atoms with E-state index in [1.54, 1.807) is 19.9 Å². The quantitative estimate of drug-likeness (QED) is 0.419.